The quantitative estimate of drug-likeness (QED) is 0.353. The molecular formula is C37H64N2O2. The first-order valence-electron chi connectivity index (χ1n) is 17.1. The van der Waals surface area contributed by atoms with Crippen LogP contribution in [0.5, 0.6) is 0 Å². The van der Waals surface area contributed by atoms with E-state index in [0.29, 0.717) is 46.3 Å². The van der Waals surface area contributed by atoms with Crippen LogP contribution in [0.1, 0.15) is 120 Å². The van der Waals surface area contributed by atoms with Gasteiger partial charge in [-0.05, 0) is 129 Å². The average Bonchev–Trinajstić information content (AvgIpc) is 3.32. The number of carbonyl (C=O) groups is 1. The monoisotopic (exact) mass is 568 g/mol. The number of hydrogen-bond donors (Lipinski definition) is 1. The summed E-state index contributed by atoms with van der Waals surface area (Å²) in [6.07, 6.45) is 11.6. The molecule has 5 aliphatic carbocycles. The number of nitrogens with zero attached hydrogens (tertiary/aromatic N) is 2. The van der Waals surface area contributed by atoms with Crippen molar-refractivity contribution in [3.05, 3.63) is 12.2 Å². The van der Waals surface area contributed by atoms with Gasteiger partial charge in [-0.2, -0.15) is 0 Å². The zero-order valence-corrected chi connectivity index (χ0v) is 27.0. The van der Waals surface area contributed by atoms with Crippen LogP contribution in [0.4, 0.5) is 0 Å². The highest BCUT2D eigenvalue weighted by atomic mass is 16.3. The van der Waals surface area contributed by atoms with Gasteiger partial charge in [0.1, 0.15) is 0 Å². The molecule has 41 heavy (non-hydrogen) atoms. The Morgan fingerprint density at radius 1 is 0.829 bits per heavy atom. The zero-order chi connectivity index (χ0) is 28.9. The van der Waals surface area contributed by atoms with E-state index in [9.17, 15) is 9.90 Å². The van der Waals surface area contributed by atoms with Crippen LogP contribution in [0.25, 0.3) is 0 Å². The van der Waals surface area contributed by atoms with Gasteiger partial charge in [-0.3, -0.25) is 4.79 Å². The number of amides is 1. The fraction of sp³-hybridized carbons (Fsp3) is 0.919. The summed E-state index contributed by atoms with van der Waals surface area (Å²) in [5.41, 5.74) is 2.00. The summed E-state index contributed by atoms with van der Waals surface area (Å²) in [6.45, 7) is 26.7. The number of rotatable bonds is 3. The molecule has 4 heteroatoms. The maximum Gasteiger partial charge on any atom is 0.229 e. The molecule has 6 fully saturated rings. The van der Waals surface area contributed by atoms with Gasteiger partial charge in [0.05, 0.1) is 11.5 Å². The zero-order valence-electron chi connectivity index (χ0n) is 27.0. The van der Waals surface area contributed by atoms with Crippen LogP contribution in [-0.4, -0.2) is 59.6 Å². The minimum absolute atomic E-state index is 0. The SMILES string of the molecule is C.C=C(C)[C@@H]1CC[C@]2(C(=O)N3CCN(CC)CC3)CC[C@]3(C)[C@H](CC[C@@H]4[C@@]5(C)CC[C@H](O)C(C)(C)[C@@H]5CC[C@]43C)C12. The summed E-state index contributed by atoms with van der Waals surface area (Å²) in [5.74, 6) is 3.36. The lowest BCUT2D eigenvalue weighted by Crippen LogP contribution is -2.67. The number of aliphatic hydroxyl groups is 1. The minimum Gasteiger partial charge on any atom is -0.393 e. The third-order valence-corrected chi connectivity index (χ3v) is 15.6. The highest BCUT2D eigenvalue weighted by Crippen LogP contribution is 2.77. The Kier molecular flexibility index (Phi) is 7.97. The van der Waals surface area contributed by atoms with Crippen LogP contribution in [0, 0.1) is 56.7 Å². The van der Waals surface area contributed by atoms with E-state index >= 15 is 0 Å². The topological polar surface area (TPSA) is 43.8 Å². The van der Waals surface area contributed by atoms with Crippen molar-refractivity contribution in [1.29, 1.82) is 0 Å². The molecule has 0 aromatic rings. The first-order valence-corrected chi connectivity index (χ1v) is 17.1. The highest BCUT2D eigenvalue weighted by Gasteiger charge is 2.72. The third kappa shape index (κ3) is 4.14. The molecule has 1 N–H and O–H groups in total. The van der Waals surface area contributed by atoms with Crippen LogP contribution in [0.3, 0.4) is 0 Å². The van der Waals surface area contributed by atoms with E-state index in [-0.39, 0.29) is 29.8 Å². The van der Waals surface area contributed by atoms with Crippen LogP contribution in [-0.2, 0) is 4.79 Å². The second kappa shape index (κ2) is 10.4. The average molecular weight is 569 g/mol. The van der Waals surface area contributed by atoms with Crippen LogP contribution in [0.15, 0.2) is 12.2 Å². The smallest absolute Gasteiger partial charge is 0.229 e. The molecule has 5 saturated carbocycles. The van der Waals surface area contributed by atoms with Crippen LogP contribution in [0.2, 0.25) is 0 Å². The van der Waals surface area contributed by atoms with Crippen LogP contribution >= 0.6 is 0 Å². The molecule has 0 bridgehead atoms. The Labute approximate surface area is 253 Å². The largest absolute Gasteiger partial charge is 0.393 e. The molecule has 0 radical (unpaired) electrons. The Morgan fingerprint density at radius 2 is 1.51 bits per heavy atom. The summed E-state index contributed by atoms with van der Waals surface area (Å²) >= 11 is 0. The van der Waals surface area contributed by atoms with Gasteiger partial charge in [0, 0.05) is 26.2 Å². The van der Waals surface area contributed by atoms with E-state index in [4.69, 9.17) is 0 Å². The predicted molar refractivity (Wildman–Crippen MR) is 170 cm³/mol. The van der Waals surface area contributed by atoms with E-state index in [0.717, 1.165) is 58.4 Å². The molecule has 1 amide bonds. The van der Waals surface area contributed by atoms with Crippen molar-refractivity contribution < 1.29 is 9.90 Å². The Balaban J connectivity index is 0.00000337. The summed E-state index contributed by atoms with van der Waals surface area (Å²) in [4.78, 5) is 19.4. The van der Waals surface area contributed by atoms with E-state index in [2.05, 4.69) is 64.8 Å². The van der Waals surface area contributed by atoms with Crippen molar-refractivity contribution >= 4 is 5.91 Å². The van der Waals surface area contributed by atoms with E-state index in [1.165, 1.54) is 44.1 Å². The molecule has 1 unspecified atom stereocenters. The van der Waals surface area contributed by atoms with Gasteiger partial charge in [-0.25, -0.2) is 0 Å². The standard InChI is InChI=1S/C36H60N2O2.CH4/c1-9-37-20-22-38(23-21-37)31(40)36-17-12-25(24(2)3)30(36)26-10-11-28-33(6)15-14-29(39)32(4,5)27(33)13-16-35(28,8)34(26,7)18-19-36;/h25-30,39H,2,9-23H2,1,3-8H3;1H4/t25-,26+,27-,28+,29-,30?,33-,34+,35+,36-;/m0./s1. The Bertz CT molecular complexity index is 1030. The number of fused-ring (bicyclic) bond motifs is 7. The summed E-state index contributed by atoms with van der Waals surface area (Å²) in [6, 6.07) is 0. The van der Waals surface area contributed by atoms with Gasteiger partial charge in [-0.1, -0.05) is 61.1 Å². The van der Waals surface area contributed by atoms with Crippen molar-refractivity contribution in [2.75, 3.05) is 32.7 Å². The van der Waals surface area contributed by atoms with E-state index in [1.54, 1.807) is 0 Å². The maximum atomic E-state index is 14.7. The van der Waals surface area contributed by atoms with Crippen molar-refractivity contribution in [2.24, 2.45) is 56.7 Å². The lowest BCUT2D eigenvalue weighted by atomic mass is 9.32. The van der Waals surface area contributed by atoms with Crippen molar-refractivity contribution in [3.63, 3.8) is 0 Å². The fourth-order valence-corrected chi connectivity index (χ4v) is 13.1. The van der Waals surface area contributed by atoms with Gasteiger partial charge in [0.25, 0.3) is 0 Å². The lowest BCUT2D eigenvalue weighted by Gasteiger charge is -2.73. The lowest BCUT2D eigenvalue weighted by molar-refractivity contribution is -0.247. The summed E-state index contributed by atoms with van der Waals surface area (Å²) in [7, 11) is 0. The van der Waals surface area contributed by atoms with Crippen molar-refractivity contribution in [3.8, 4) is 0 Å². The number of allylic oxidation sites excluding steroid dienone is 1. The minimum atomic E-state index is -0.177. The number of piperazine rings is 1. The molecule has 1 heterocycles. The molecule has 10 atom stereocenters. The number of hydrogen-bond acceptors (Lipinski definition) is 3. The number of aliphatic hydroxyl groups excluding tert-OH is 1. The maximum absolute atomic E-state index is 14.7. The summed E-state index contributed by atoms with van der Waals surface area (Å²) < 4.78 is 0. The van der Waals surface area contributed by atoms with Crippen LogP contribution < -0.4 is 0 Å². The molecule has 1 saturated heterocycles. The van der Waals surface area contributed by atoms with Crippen molar-refractivity contribution in [2.45, 2.75) is 126 Å². The van der Waals surface area contributed by atoms with Gasteiger partial charge < -0.3 is 14.9 Å². The molecule has 6 rings (SSSR count). The first kappa shape index (κ1) is 31.6. The summed E-state index contributed by atoms with van der Waals surface area (Å²) in [5, 5.41) is 11.0. The molecular weight excluding hydrogens is 504 g/mol. The molecule has 0 aromatic heterocycles. The fourth-order valence-electron chi connectivity index (χ4n) is 13.1. The van der Waals surface area contributed by atoms with Crippen molar-refractivity contribution in [1.82, 2.24) is 9.80 Å². The van der Waals surface area contributed by atoms with Gasteiger partial charge in [-0.15, -0.1) is 0 Å². The molecule has 6 aliphatic rings. The second-order valence-corrected chi connectivity index (χ2v) is 16.9. The molecule has 1 aliphatic heterocycles. The number of likely N-dealkylation sites (N-methyl/N-ethyl adjacent to an activating group) is 1. The Hall–Kier alpha value is -0.870. The second-order valence-electron chi connectivity index (χ2n) is 16.9. The highest BCUT2D eigenvalue weighted by molar-refractivity contribution is 5.84. The predicted octanol–water partition coefficient (Wildman–Crippen LogP) is 7.81. The molecule has 4 nitrogen and oxygen atoms in total. The molecule has 0 aromatic carbocycles. The van der Waals surface area contributed by atoms with Gasteiger partial charge in [0.15, 0.2) is 0 Å². The Morgan fingerprint density at radius 3 is 2.15 bits per heavy atom. The number of carbonyl (C=O) groups excluding carboxylic acids is 1. The van der Waals surface area contributed by atoms with E-state index in [1.807, 2.05) is 0 Å². The van der Waals surface area contributed by atoms with Gasteiger partial charge >= 0.3 is 0 Å². The molecule has 0 spiro atoms. The normalized spacial score (nSPS) is 49.1. The van der Waals surface area contributed by atoms with Gasteiger partial charge in [0.2, 0.25) is 5.91 Å². The first-order chi connectivity index (χ1) is 18.8. The molecule has 234 valence electrons. The third-order valence-electron chi connectivity index (χ3n) is 15.6. The van der Waals surface area contributed by atoms with E-state index < -0.39 is 0 Å².